The fourth-order valence-electron chi connectivity index (χ4n) is 1.80. The number of rotatable bonds is 1. The van der Waals surface area contributed by atoms with Crippen molar-refractivity contribution in [3.05, 3.63) is 52.9 Å². The van der Waals surface area contributed by atoms with Gasteiger partial charge >= 0.3 is 0 Å². The van der Waals surface area contributed by atoms with E-state index < -0.39 is 0 Å². The standard InChI is InChI=1S/C13H7Cl2N3/c14-10-7-11(15)18-13(17-10)9-5-1-3-8-4-2-6-16-12(8)9/h1-7H. The first kappa shape index (κ1) is 11.4. The third-order valence-corrected chi connectivity index (χ3v) is 2.92. The minimum Gasteiger partial charge on any atom is -0.255 e. The molecular formula is C13H7Cl2N3. The van der Waals surface area contributed by atoms with Gasteiger partial charge in [0.2, 0.25) is 0 Å². The Morgan fingerprint density at radius 2 is 1.61 bits per heavy atom. The summed E-state index contributed by atoms with van der Waals surface area (Å²) in [5.74, 6) is 0.483. The average Bonchev–Trinajstić information content (AvgIpc) is 2.37. The Morgan fingerprint density at radius 3 is 2.39 bits per heavy atom. The first-order valence-corrected chi connectivity index (χ1v) is 6.04. The number of para-hydroxylation sites is 1. The van der Waals surface area contributed by atoms with Crippen LogP contribution < -0.4 is 0 Å². The molecule has 0 spiro atoms. The Labute approximate surface area is 113 Å². The van der Waals surface area contributed by atoms with Gasteiger partial charge in [0.05, 0.1) is 5.52 Å². The molecule has 0 radical (unpaired) electrons. The highest BCUT2D eigenvalue weighted by Gasteiger charge is 2.09. The zero-order valence-corrected chi connectivity index (χ0v) is 10.7. The van der Waals surface area contributed by atoms with E-state index in [9.17, 15) is 0 Å². The van der Waals surface area contributed by atoms with Crippen LogP contribution in [0.2, 0.25) is 10.3 Å². The highest BCUT2D eigenvalue weighted by Crippen LogP contribution is 2.26. The number of halogens is 2. The molecule has 0 bridgehead atoms. The molecular weight excluding hydrogens is 269 g/mol. The maximum Gasteiger partial charge on any atom is 0.164 e. The quantitative estimate of drug-likeness (QED) is 0.630. The van der Waals surface area contributed by atoms with Crippen LogP contribution in [0.15, 0.2) is 42.6 Å². The molecule has 3 aromatic rings. The van der Waals surface area contributed by atoms with E-state index >= 15 is 0 Å². The van der Waals surface area contributed by atoms with E-state index in [0.29, 0.717) is 16.1 Å². The predicted molar refractivity (Wildman–Crippen MR) is 72.8 cm³/mol. The van der Waals surface area contributed by atoms with Gasteiger partial charge in [0, 0.05) is 23.2 Å². The van der Waals surface area contributed by atoms with Gasteiger partial charge in [0.25, 0.3) is 0 Å². The lowest BCUT2D eigenvalue weighted by Crippen LogP contribution is -1.92. The summed E-state index contributed by atoms with van der Waals surface area (Å²) in [7, 11) is 0. The van der Waals surface area contributed by atoms with Gasteiger partial charge in [-0.15, -0.1) is 0 Å². The Bertz CT molecular complexity index is 703. The van der Waals surface area contributed by atoms with Crippen molar-refractivity contribution in [2.24, 2.45) is 0 Å². The van der Waals surface area contributed by atoms with Crippen LogP contribution in [-0.4, -0.2) is 15.0 Å². The van der Waals surface area contributed by atoms with Gasteiger partial charge in [-0.25, -0.2) is 9.97 Å². The van der Waals surface area contributed by atoms with Crippen LogP contribution in [0.5, 0.6) is 0 Å². The van der Waals surface area contributed by atoms with Crippen LogP contribution in [0.1, 0.15) is 0 Å². The van der Waals surface area contributed by atoms with Crippen molar-refractivity contribution in [2.75, 3.05) is 0 Å². The van der Waals surface area contributed by atoms with E-state index in [-0.39, 0.29) is 0 Å². The molecule has 18 heavy (non-hydrogen) atoms. The maximum atomic E-state index is 5.90. The number of hydrogen-bond donors (Lipinski definition) is 0. The molecule has 3 nitrogen and oxygen atoms in total. The molecule has 0 aliphatic carbocycles. The van der Waals surface area contributed by atoms with E-state index in [4.69, 9.17) is 23.2 Å². The number of fused-ring (bicyclic) bond motifs is 1. The molecule has 0 N–H and O–H groups in total. The topological polar surface area (TPSA) is 38.7 Å². The Balaban J connectivity index is 2.31. The second-order valence-corrected chi connectivity index (χ2v) is 4.49. The lowest BCUT2D eigenvalue weighted by Gasteiger charge is -2.05. The van der Waals surface area contributed by atoms with E-state index in [1.807, 2.05) is 30.3 Å². The summed E-state index contributed by atoms with van der Waals surface area (Å²) in [4.78, 5) is 12.7. The van der Waals surface area contributed by atoms with Crippen molar-refractivity contribution >= 4 is 34.1 Å². The summed E-state index contributed by atoms with van der Waals surface area (Å²) < 4.78 is 0. The molecule has 0 unspecified atom stereocenters. The van der Waals surface area contributed by atoms with Gasteiger partial charge < -0.3 is 0 Å². The average molecular weight is 276 g/mol. The molecule has 1 aromatic carbocycles. The monoisotopic (exact) mass is 275 g/mol. The maximum absolute atomic E-state index is 5.90. The number of nitrogens with zero attached hydrogens (tertiary/aromatic N) is 3. The first-order chi connectivity index (χ1) is 8.74. The highest BCUT2D eigenvalue weighted by atomic mass is 35.5. The minimum atomic E-state index is 0.318. The summed E-state index contributed by atoms with van der Waals surface area (Å²) in [5.41, 5.74) is 1.65. The lowest BCUT2D eigenvalue weighted by atomic mass is 10.1. The molecule has 0 fully saturated rings. The van der Waals surface area contributed by atoms with E-state index in [2.05, 4.69) is 15.0 Å². The number of hydrogen-bond acceptors (Lipinski definition) is 3. The highest BCUT2D eigenvalue weighted by molar-refractivity contribution is 6.33. The fourth-order valence-corrected chi connectivity index (χ4v) is 2.22. The molecule has 0 atom stereocenters. The molecule has 0 saturated carbocycles. The molecule has 0 amide bonds. The van der Waals surface area contributed by atoms with Gasteiger partial charge in [0.15, 0.2) is 5.82 Å². The molecule has 0 aliphatic heterocycles. The summed E-state index contributed by atoms with van der Waals surface area (Å²) >= 11 is 11.8. The second-order valence-electron chi connectivity index (χ2n) is 3.72. The van der Waals surface area contributed by atoms with Crippen molar-refractivity contribution in [2.45, 2.75) is 0 Å². The van der Waals surface area contributed by atoms with Crippen molar-refractivity contribution < 1.29 is 0 Å². The first-order valence-electron chi connectivity index (χ1n) is 5.28. The largest absolute Gasteiger partial charge is 0.255 e. The minimum absolute atomic E-state index is 0.318. The molecule has 88 valence electrons. The van der Waals surface area contributed by atoms with E-state index in [0.717, 1.165) is 16.5 Å². The Kier molecular flexibility index (Phi) is 2.86. The van der Waals surface area contributed by atoms with Crippen LogP contribution in [0.25, 0.3) is 22.3 Å². The van der Waals surface area contributed by atoms with Crippen molar-refractivity contribution in [1.82, 2.24) is 15.0 Å². The molecule has 0 aliphatic rings. The van der Waals surface area contributed by atoms with Crippen LogP contribution in [-0.2, 0) is 0 Å². The molecule has 2 heterocycles. The fraction of sp³-hybridized carbons (Fsp3) is 0. The van der Waals surface area contributed by atoms with Crippen LogP contribution in [0.3, 0.4) is 0 Å². The van der Waals surface area contributed by atoms with Crippen LogP contribution >= 0.6 is 23.2 Å². The zero-order valence-electron chi connectivity index (χ0n) is 9.14. The Hall–Kier alpha value is -1.71. The summed E-state index contributed by atoms with van der Waals surface area (Å²) in [6, 6.07) is 11.2. The number of pyridine rings is 1. The second kappa shape index (κ2) is 4.52. The van der Waals surface area contributed by atoms with Crippen molar-refractivity contribution in [3.8, 4) is 11.4 Å². The molecule has 3 rings (SSSR count). The smallest absolute Gasteiger partial charge is 0.164 e. The summed E-state index contributed by atoms with van der Waals surface area (Å²) in [5, 5.41) is 1.66. The summed E-state index contributed by atoms with van der Waals surface area (Å²) in [6.07, 6.45) is 1.73. The van der Waals surface area contributed by atoms with Crippen LogP contribution in [0.4, 0.5) is 0 Å². The third-order valence-electron chi connectivity index (χ3n) is 2.54. The van der Waals surface area contributed by atoms with Crippen molar-refractivity contribution in [3.63, 3.8) is 0 Å². The van der Waals surface area contributed by atoms with Crippen molar-refractivity contribution in [1.29, 1.82) is 0 Å². The van der Waals surface area contributed by atoms with Crippen LogP contribution in [0, 0.1) is 0 Å². The van der Waals surface area contributed by atoms with Gasteiger partial charge in [0.1, 0.15) is 10.3 Å². The Morgan fingerprint density at radius 1 is 0.889 bits per heavy atom. The number of aromatic nitrogens is 3. The summed E-state index contributed by atoms with van der Waals surface area (Å²) in [6.45, 7) is 0. The molecule has 2 aromatic heterocycles. The number of benzene rings is 1. The van der Waals surface area contributed by atoms with E-state index in [1.165, 1.54) is 6.07 Å². The lowest BCUT2D eigenvalue weighted by molar-refractivity contribution is 1.18. The van der Waals surface area contributed by atoms with Gasteiger partial charge in [-0.2, -0.15) is 0 Å². The van der Waals surface area contributed by atoms with E-state index in [1.54, 1.807) is 6.20 Å². The third kappa shape index (κ3) is 2.03. The molecule has 0 saturated heterocycles. The zero-order chi connectivity index (χ0) is 12.5. The SMILES string of the molecule is Clc1cc(Cl)nc(-c2cccc3cccnc23)n1. The normalized spacial score (nSPS) is 10.8. The predicted octanol–water partition coefficient (Wildman–Crippen LogP) is 4.00. The molecule has 5 heteroatoms. The van der Waals surface area contributed by atoms with Gasteiger partial charge in [-0.1, -0.05) is 41.4 Å². The van der Waals surface area contributed by atoms with Gasteiger partial charge in [-0.3, -0.25) is 4.98 Å². The van der Waals surface area contributed by atoms with Gasteiger partial charge in [-0.05, 0) is 12.1 Å².